The van der Waals surface area contributed by atoms with E-state index >= 15 is 0 Å². The molecule has 1 fully saturated rings. The van der Waals surface area contributed by atoms with Crippen molar-refractivity contribution in [3.63, 3.8) is 0 Å². The number of rotatable bonds is 2. The van der Waals surface area contributed by atoms with E-state index in [4.69, 9.17) is 21.7 Å². The topological polar surface area (TPSA) is 62.8 Å². The third-order valence-corrected chi connectivity index (χ3v) is 2.43. The summed E-state index contributed by atoms with van der Waals surface area (Å²) in [6, 6.07) is 0. The molecular formula is C11H21N3O3S. The van der Waals surface area contributed by atoms with Gasteiger partial charge >= 0.3 is 6.09 Å². The SMILES string of the molecule is CC(C)(C)OC(=O)NC(=S)NCN1CCOCC1. The Morgan fingerprint density at radius 3 is 2.56 bits per heavy atom. The molecule has 1 saturated heterocycles. The van der Waals surface area contributed by atoms with Crippen molar-refractivity contribution in [2.45, 2.75) is 26.4 Å². The highest BCUT2D eigenvalue weighted by atomic mass is 32.1. The first-order valence-corrected chi connectivity index (χ1v) is 6.35. The van der Waals surface area contributed by atoms with E-state index in [9.17, 15) is 4.79 Å². The lowest BCUT2D eigenvalue weighted by Crippen LogP contribution is -2.48. The van der Waals surface area contributed by atoms with E-state index in [1.165, 1.54) is 0 Å². The average Bonchev–Trinajstić information content (AvgIpc) is 2.25. The number of ether oxygens (including phenoxy) is 2. The summed E-state index contributed by atoms with van der Waals surface area (Å²) in [5.74, 6) is 0. The van der Waals surface area contributed by atoms with Crippen LogP contribution in [0.15, 0.2) is 0 Å². The van der Waals surface area contributed by atoms with Crippen molar-refractivity contribution in [3.8, 4) is 0 Å². The Balaban J connectivity index is 2.18. The minimum atomic E-state index is -0.540. The molecule has 1 heterocycles. The monoisotopic (exact) mass is 275 g/mol. The van der Waals surface area contributed by atoms with Crippen LogP contribution in [0.2, 0.25) is 0 Å². The second kappa shape index (κ2) is 6.86. The largest absolute Gasteiger partial charge is 0.444 e. The van der Waals surface area contributed by atoms with Gasteiger partial charge in [0, 0.05) is 13.1 Å². The number of thiocarbonyl (C=S) groups is 1. The fourth-order valence-electron chi connectivity index (χ4n) is 1.38. The van der Waals surface area contributed by atoms with Crippen LogP contribution in [0.25, 0.3) is 0 Å². The van der Waals surface area contributed by atoms with Crippen molar-refractivity contribution < 1.29 is 14.3 Å². The molecule has 2 N–H and O–H groups in total. The molecule has 1 aliphatic heterocycles. The summed E-state index contributed by atoms with van der Waals surface area (Å²) in [5, 5.41) is 5.71. The summed E-state index contributed by atoms with van der Waals surface area (Å²) < 4.78 is 10.3. The van der Waals surface area contributed by atoms with Gasteiger partial charge in [-0.2, -0.15) is 0 Å². The van der Waals surface area contributed by atoms with E-state index in [1.54, 1.807) is 20.8 Å². The van der Waals surface area contributed by atoms with Gasteiger partial charge in [-0.1, -0.05) is 0 Å². The minimum Gasteiger partial charge on any atom is -0.444 e. The number of hydrogen-bond acceptors (Lipinski definition) is 5. The van der Waals surface area contributed by atoms with Crippen LogP contribution >= 0.6 is 12.2 Å². The molecule has 0 unspecified atom stereocenters. The standard InChI is InChI=1S/C11H21N3O3S/c1-11(2,3)17-10(15)13-9(18)12-8-14-4-6-16-7-5-14/h4-8H2,1-3H3,(H2,12,13,15,18). The van der Waals surface area contributed by atoms with Crippen LogP contribution in [0.4, 0.5) is 4.79 Å². The molecule has 1 aliphatic rings. The predicted molar refractivity (Wildman–Crippen MR) is 72.4 cm³/mol. The molecule has 0 aromatic carbocycles. The minimum absolute atomic E-state index is 0.274. The fourth-order valence-corrected chi connectivity index (χ4v) is 1.53. The second-order valence-corrected chi connectivity index (χ2v) is 5.43. The van der Waals surface area contributed by atoms with Gasteiger partial charge in [-0.05, 0) is 33.0 Å². The van der Waals surface area contributed by atoms with Crippen molar-refractivity contribution in [2.75, 3.05) is 33.0 Å². The van der Waals surface area contributed by atoms with Crippen molar-refractivity contribution in [3.05, 3.63) is 0 Å². The maximum absolute atomic E-state index is 11.4. The fraction of sp³-hybridized carbons (Fsp3) is 0.818. The summed E-state index contributed by atoms with van der Waals surface area (Å²) in [6.07, 6.45) is -0.540. The molecule has 0 atom stereocenters. The number of hydrogen-bond donors (Lipinski definition) is 2. The normalized spacial score (nSPS) is 17.1. The number of morpholine rings is 1. The van der Waals surface area contributed by atoms with E-state index in [0.717, 1.165) is 26.3 Å². The van der Waals surface area contributed by atoms with Crippen molar-refractivity contribution >= 4 is 23.4 Å². The van der Waals surface area contributed by atoms with Gasteiger partial charge < -0.3 is 14.8 Å². The molecule has 0 radical (unpaired) electrons. The van der Waals surface area contributed by atoms with Gasteiger partial charge in [0.1, 0.15) is 5.60 Å². The number of carbonyl (C=O) groups excluding carboxylic acids is 1. The second-order valence-electron chi connectivity index (χ2n) is 5.02. The summed E-state index contributed by atoms with van der Waals surface area (Å²) in [4.78, 5) is 13.6. The lowest BCUT2D eigenvalue weighted by Gasteiger charge is -2.27. The van der Waals surface area contributed by atoms with E-state index < -0.39 is 11.7 Å². The molecular weight excluding hydrogens is 254 g/mol. The Bertz CT molecular complexity index is 298. The van der Waals surface area contributed by atoms with Crippen LogP contribution in [-0.4, -0.2) is 54.7 Å². The Morgan fingerprint density at radius 1 is 1.39 bits per heavy atom. The van der Waals surface area contributed by atoms with Crippen molar-refractivity contribution in [1.82, 2.24) is 15.5 Å². The van der Waals surface area contributed by atoms with Crippen LogP contribution in [0.5, 0.6) is 0 Å². The molecule has 0 aromatic rings. The first kappa shape index (κ1) is 15.1. The van der Waals surface area contributed by atoms with Crippen LogP contribution in [0, 0.1) is 0 Å². The number of alkyl carbamates (subject to hydrolysis) is 1. The molecule has 0 aliphatic carbocycles. The molecule has 6 nitrogen and oxygen atoms in total. The number of amides is 1. The molecule has 0 bridgehead atoms. The molecule has 18 heavy (non-hydrogen) atoms. The van der Waals surface area contributed by atoms with Gasteiger partial charge in [-0.25, -0.2) is 4.79 Å². The zero-order chi connectivity index (χ0) is 13.6. The number of nitrogens with one attached hydrogen (secondary N) is 2. The van der Waals surface area contributed by atoms with E-state index in [-0.39, 0.29) is 5.11 Å². The highest BCUT2D eigenvalue weighted by molar-refractivity contribution is 7.80. The summed E-state index contributed by atoms with van der Waals surface area (Å²) in [5.41, 5.74) is -0.524. The lowest BCUT2D eigenvalue weighted by molar-refractivity contribution is 0.0364. The van der Waals surface area contributed by atoms with Gasteiger partial charge in [0.25, 0.3) is 0 Å². The third-order valence-electron chi connectivity index (χ3n) is 2.18. The number of nitrogens with zero attached hydrogens (tertiary/aromatic N) is 1. The van der Waals surface area contributed by atoms with Crippen molar-refractivity contribution in [1.29, 1.82) is 0 Å². The van der Waals surface area contributed by atoms with Gasteiger partial charge in [0.05, 0.1) is 19.9 Å². The molecule has 0 spiro atoms. The summed E-state index contributed by atoms with van der Waals surface area (Å²) in [6.45, 7) is 9.19. The number of carbonyl (C=O) groups is 1. The Labute approximate surface area is 113 Å². The predicted octanol–water partition coefficient (Wildman–Crippen LogP) is 0.675. The Morgan fingerprint density at radius 2 is 2.00 bits per heavy atom. The molecule has 7 heteroatoms. The van der Waals surface area contributed by atoms with Crippen LogP contribution in [-0.2, 0) is 9.47 Å². The zero-order valence-corrected chi connectivity index (χ0v) is 11.9. The van der Waals surface area contributed by atoms with Crippen LogP contribution in [0.3, 0.4) is 0 Å². The molecule has 104 valence electrons. The van der Waals surface area contributed by atoms with Gasteiger partial charge in [0.2, 0.25) is 0 Å². The van der Waals surface area contributed by atoms with E-state index in [1.807, 2.05) is 0 Å². The maximum atomic E-state index is 11.4. The highest BCUT2D eigenvalue weighted by Gasteiger charge is 2.17. The maximum Gasteiger partial charge on any atom is 0.413 e. The quantitative estimate of drug-likeness (QED) is 0.723. The van der Waals surface area contributed by atoms with Gasteiger partial charge in [-0.15, -0.1) is 0 Å². The lowest BCUT2D eigenvalue weighted by atomic mass is 10.2. The third kappa shape index (κ3) is 6.73. The van der Waals surface area contributed by atoms with Gasteiger partial charge in [0.15, 0.2) is 5.11 Å². The first-order valence-electron chi connectivity index (χ1n) is 5.95. The van der Waals surface area contributed by atoms with Crippen LogP contribution in [0.1, 0.15) is 20.8 Å². The Hall–Kier alpha value is -0.920. The van der Waals surface area contributed by atoms with Crippen molar-refractivity contribution in [2.24, 2.45) is 0 Å². The summed E-state index contributed by atoms with van der Waals surface area (Å²) in [7, 11) is 0. The van der Waals surface area contributed by atoms with Crippen LogP contribution < -0.4 is 10.6 Å². The summed E-state index contributed by atoms with van der Waals surface area (Å²) >= 11 is 5.01. The smallest absolute Gasteiger partial charge is 0.413 e. The molecule has 0 aromatic heterocycles. The molecule has 1 amide bonds. The van der Waals surface area contributed by atoms with E-state index in [2.05, 4.69) is 15.5 Å². The Kier molecular flexibility index (Phi) is 5.77. The zero-order valence-electron chi connectivity index (χ0n) is 11.1. The molecule has 0 saturated carbocycles. The first-order chi connectivity index (χ1) is 8.37. The molecule has 1 rings (SSSR count). The average molecular weight is 275 g/mol. The van der Waals surface area contributed by atoms with Gasteiger partial charge in [-0.3, -0.25) is 10.2 Å². The highest BCUT2D eigenvalue weighted by Crippen LogP contribution is 2.06. The van der Waals surface area contributed by atoms with E-state index in [0.29, 0.717) is 6.67 Å².